The highest BCUT2D eigenvalue weighted by atomic mass is 32.2. The van der Waals surface area contributed by atoms with Gasteiger partial charge in [-0.2, -0.15) is 0 Å². The minimum Gasteiger partial charge on any atom is -0.484 e. The minimum absolute atomic E-state index is 0.0889. The van der Waals surface area contributed by atoms with Gasteiger partial charge in [-0.3, -0.25) is 4.79 Å². The molecule has 0 saturated carbocycles. The Morgan fingerprint density at radius 1 is 1.22 bits per heavy atom. The molecule has 1 unspecified atom stereocenters. The Kier molecular flexibility index (Phi) is 5.90. The molecule has 1 aliphatic heterocycles. The van der Waals surface area contributed by atoms with Gasteiger partial charge in [0.1, 0.15) is 5.75 Å². The number of hydrogen-bond acceptors (Lipinski definition) is 7. The fraction of sp³-hybridized carbons (Fsp3) is 0.389. The van der Waals surface area contributed by atoms with Crippen LogP contribution in [0.4, 0.5) is 11.6 Å². The average molecular weight is 390 g/mol. The molecule has 3 rings (SSSR count). The van der Waals surface area contributed by atoms with Gasteiger partial charge in [0, 0.05) is 12.6 Å². The van der Waals surface area contributed by atoms with Crippen LogP contribution in [-0.4, -0.2) is 55.2 Å². The molecule has 2 heterocycles. The SMILES string of the molecule is CCN(c1ccc(NC(=O)COc2ccccc2)nn1)C1CCS(=O)(=O)C1. The summed E-state index contributed by atoms with van der Waals surface area (Å²) in [6.45, 7) is 2.45. The summed E-state index contributed by atoms with van der Waals surface area (Å²) in [6.07, 6.45) is 0.590. The first-order chi connectivity index (χ1) is 13.0. The van der Waals surface area contributed by atoms with Gasteiger partial charge in [-0.15, -0.1) is 10.2 Å². The highest BCUT2D eigenvalue weighted by molar-refractivity contribution is 7.91. The van der Waals surface area contributed by atoms with Crippen molar-refractivity contribution in [1.82, 2.24) is 10.2 Å². The quantitative estimate of drug-likeness (QED) is 0.764. The Morgan fingerprint density at radius 3 is 2.59 bits per heavy atom. The fourth-order valence-electron chi connectivity index (χ4n) is 3.02. The summed E-state index contributed by atoms with van der Waals surface area (Å²) in [4.78, 5) is 13.9. The Hall–Kier alpha value is -2.68. The molecule has 144 valence electrons. The molecule has 0 radical (unpaired) electrons. The van der Waals surface area contributed by atoms with Crippen molar-refractivity contribution in [2.75, 3.05) is 34.9 Å². The zero-order valence-corrected chi connectivity index (χ0v) is 15.9. The van der Waals surface area contributed by atoms with Crippen molar-refractivity contribution in [2.24, 2.45) is 0 Å². The summed E-state index contributed by atoms with van der Waals surface area (Å²) in [6, 6.07) is 12.3. The lowest BCUT2D eigenvalue weighted by Crippen LogP contribution is -2.36. The smallest absolute Gasteiger partial charge is 0.263 e. The number of sulfone groups is 1. The van der Waals surface area contributed by atoms with E-state index in [1.54, 1.807) is 24.3 Å². The van der Waals surface area contributed by atoms with Gasteiger partial charge in [0.05, 0.1) is 11.5 Å². The Bertz CT molecular complexity index is 872. The molecule has 0 bridgehead atoms. The topological polar surface area (TPSA) is 101 Å². The summed E-state index contributed by atoms with van der Waals surface area (Å²) >= 11 is 0. The second-order valence-electron chi connectivity index (χ2n) is 6.27. The van der Waals surface area contributed by atoms with Crippen molar-refractivity contribution >= 4 is 27.4 Å². The lowest BCUT2D eigenvalue weighted by atomic mass is 10.2. The Labute approximate surface area is 158 Å². The highest BCUT2D eigenvalue weighted by Gasteiger charge is 2.32. The first kappa shape index (κ1) is 19.1. The van der Waals surface area contributed by atoms with E-state index in [0.29, 0.717) is 30.4 Å². The number of hydrogen-bond donors (Lipinski definition) is 1. The molecule has 2 aromatic rings. The minimum atomic E-state index is -2.97. The average Bonchev–Trinajstić information content (AvgIpc) is 3.02. The lowest BCUT2D eigenvalue weighted by Gasteiger charge is -2.27. The summed E-state index contributed by atoms with van der Waals surface area (Å²) in [5, 5.41) is 10.8. The van der Waals surface area contributed by atoms with Crippen LogP contribution >= 0.6 is 0 Å². The van der Waals surface area contributed by atoms with E-state index < -0.39 is 9.84 Å². The molecule has 27 heavy (non-hydrogen) atoms. The predicted molar refractivity (Wildman–Crippen MR) is 103 cm³/mol. The predicted octanol–water partition coefficient (Wildman–Crippen LogP) is 1.51. The van der Waals surface area contributed by atoms with Gasteiger partial charge in [-0.1, -0.05) is 18.2 Å². The van der Waals surface area contributed by atoms with Crippen LogP contribution in [0.3, 0.4) is 0 Å². The number of aromatic nitrogens is 2. The standard InChI is InChI=1S/C18H22N4O4S/c1-2-22(14-10-11-27(24,25)13-14)17-9-8-16(20-21-17)19-18(23)12-26-15-6-4-3-5-7-15/h3-9,14H,2,10-13H2,1H3,(H,19,20,23). The molecule has 1 aromatic carbocycles. The number of carbonyl (C=O) groups is 1. The van der Waals surface area contributed by atoms with Crippen molar-refractivity contribution in [1.29, 1.82) is 0 Å². The summed E-state index contributed by atoms with van der Waals surface area (Å²) in [7, 11) is -2.97. The van der Waals surface area contributed by atoms with E-state index in [0.717, 1.165) is 0 Å². The third kappa shape index (κ3) is 5.16. The number of para-hydroxylation sites is 1. The van der Waals surface area contributed by atoms with Gasteiger partial charge in [-0.05, 0) is 37.6 Å². The number of ether oxygens (including phenoxy) is 1. The van der Waals surface area contributed by atoms with Gasteiger partial charge in [-0.25, -0.2) is 8.42 Å². The summed E-state index contributed by atoms with van der Waals surface area (Å²) in [5.41, 5.74) is 0. The molecular formula is C18H22N4O4S. The van der Waals surface area contributed by atoms with Gasteiger partial charge in [0.15, 0.2) is 28.1 Å². The van der Waals surface area contributed by atoms with Crippen LogP contribution in [0.5, 0.6) is 5.75 Å². The van der Waals surface area contributed by atoms with Gasteiger partial charge in [0.25, 0.3) is 5.91 Å². The van der Waals surface area contributed by atoms with Crippen LogP contribution in [0.1, 0.15) is 13.3 Å². The zero-order chi connectivity index (χ0) is 19.3. The number of nitrogens with zero attached hydrogens (tertiary/aromatic N) is 3. The maximum atomic E-state index is 12.0. The van der Waals surface area contributed by atoms with E-state index in [1.165, 1.54) is 0 Å². The van der Waals surface area contributed by atoms with E-state index in [1.807, 2.05) is 30.0 Å². The van der Waals surface area contributed by atoms with Crippen LogP contribution in [0.2, 0.25) is 0 Å². The lowest BCUT2D eigenvalue weighted by molar-refractivity contribution is -0.118. The molecule has 8 nitrogen and oxygen atoms in total. The third-order valence-electron chi connectivity index (χ3n) is 4.32. The van der Waals surface area contributed by atoms with Gasteiger partial charge >= 0.3 is 0 Å². The molecule has 1 N–H and O–H groups in total. The molecule has 1 amide bonds. The number of carbonyl (C=O) groups excluding carboxylic acids is 1. The van der Waals surface area contributed by atoms with E-state index in [2.05, 4.69) is 15.5 Å². The molecule has 9 heteroatoms. The number of nitrogens with one attached hydrogen (secondary N) is 1. The monoisotopic (exact) mass is 390 g/mol. The van der Waals surface area contributed by atoms with Crippen molar-refractivity contribution in [3.63, 3.8) is 0 Å². The van der Waals surface area contributed by atoms with E-state index in [4.69, 9.17) is 4.74 Å². The van der Waals surface area contributed by atoms with Crippen molar-refractivity contribution in [2.45, 2.75) is 19.4 Å². The van der Waals surface area contributed by atoms with Crippen LogP contribution in [0.25, 0.3) is 0 Å². The normalized spacial score (nSPS) is 18.0. The van der Waals surface area contributed by atoms with Crippen LogP contribution in [0.15, 0.2) is 42.5 Å². The molecule has 1 saturated heterocycles. The second kappa shape index (κ2) is 8.34. The van der Waals surface area contributed by atoms with Crippen LogP contribution < -0.4 is 15.0 Å². The number of anilines is 2. The van der Waals surface area contributed by atoms with Gasteiger partial charge in [0.2, 0.25) is 0 Å². The molecule has 0 aliphatic carbocycles. The van der Waals surface area contributed by atoms with Crippen molar-refractivity contribution < 1.29 is 17.9 Å². The zero-order valence-electron chi connectivity index (χ0n) is 15.0. The molecule has 0 spiro atoms. The summed E-state index contributed by atoms with van der Waals surface area (Å²) < 4.78 is 28.8. The van der Waals surface area contributed by atoms with E-state index in [-0.39, 0.29) is 30.1 Å². The Balaban J connectivity index is 1.57. The van der Waals surface area contributed by atoms with Crippen LogP contribution in [0, 0.1) is 0 Å². The molecule has 1 atom stereocenters. The third-order valence-corrected chi connectivity index (χ3v) is 6.07. The molecular weight excluding hydrogens is 368 g/mol. The van der Waals surface area contributed by atoms with Crippen molar-refractivity contribution in [3.05, 3.63) is 42.5 Å². The maximum Gasteiger partial charge on any atom is 0.263 e. The highest BCUT2D eigenvalue weighted by Crippen LogP contribution is 2.22. The van der Waals surface area contributed by atoms with Crippen LogP contribution in [-0.2, 0) is 14.6 Å². The summed E-state index contributed by atoms with van der Waals surface area (Å²) in [5.74, 6) is 1.53. The first-order valence-electron chi connectivity index (χ1n) is 8.75. The molecule has 1 fully saturated rings. The van der Waals surface area contributed by atoms with Crippen molar-refractivity contribution in [3.8, 4) is 5.75 Å². The molecule has 1 aromatic heterocycles. The molecule has 1 aliphatic rings. The van der Waals surface area contributed by atoms with E-state index in [9.17, 15) is 13.2 Å². The Morgan fingerprint density at radius 2 is 2.00 bits per heavy atom. The number of rotatable bonds is 7. The van der Waals surface area contributed by atoms with E-state index >= 15 is 0 Å². The second-order valence-corrected chi connectivity index (χ2v) is 8.50. The number of amides is 1. The largest absolute Gasteiger partial charge is 0.484 e. The van der Waals surface area contributed by atoms with Gasteiger partial charge < -0.3 is 15.0 Å². The number of benzene rings is 1. The maximum absolute atomic E-state index is 12.0. The fourth-order valence-corrected chi connectivity index (χ4v) is 4.75. The first-order valence-corrected chi connectivity index (χ1v) is 10.6.